The lowest BCUT2D eigenvalue weighted by Gasteiger charge is -2.31. The molecule has 0 spiro atoms. The molecule has 21 heavy (non-hydrogen) atoms. The molecule has 5 heteroatoms. The molecule has 1 saturated heterocycles. The highest BCUT2D eigenvalue weighted by molar-refractivity contribution is 5.33. The zero-order chi connectivity index (χ0) is 15.2. The zero-order valence-electron chi connectivity index (χ0n) is 13.3. The van der Waals surface area contributed by atoms with Crippen LogP contribution in [0.4, 0.5) is 5.69 Å². The van der Waals surface area contributed by atoms with Crippen molar-refractivity contribution in [2.75, 3.05) is 46.0 Å². The molecule has 0 bridgehead atoms. The van der Waals surface area contributed by atoms with Crippen molar-refractivity contribution in [3.63, 3.8) is 0 Å². The molecule has 1 aromatic heterocycles. The van der Waals surface area contributed by atoms with Crippen LogP contribution in [-0.2, 0) is 6.54 Å². The van der Waals surface area contributed by atoms with E-state index in [1.807, 2.05) is 0 Å². The normalized spacial score (nSPS) is 17.5. The van der Waals surface area contributed by atoms with Crippen LogP contribution in [0.5, 0.6) is 0 Å². The molecule has 2 N–H and O–H groups in total. The number of nitrogen functional groups attached to an aromatic ring is 1. The third-order valence-corrected chi connectivity index (χ3v) is 4.35. The Bertz CT molecular complexity index is 491. The predicted octanol–water partition coefficient (Wildman–Crippen LogP) is 1.09. The van der Waals surface area contributed by atoms with Crippen LogP contribution in [0.1, 0.15) is 19.3 Å². The van der Waals surface area contributed by atoms with Crippen molar-refractivity contribution in [2.24, 2.45) is 5.92 Å². The molecule has 5 nitrogen and oxygen atoms in total. The third kappa shape index (κ3) is 5.17. The van der Waals surface area contributed by atoms with Gasteiger partial charge < -0.3 is 20.1 Å². The number of hydrogen-bond acceptors (Lipinski definition) is 4. The fourth-order valence-electron chi connectivity index (χ4n) is 3.01. The van der Waals surface area contributed by atoms with Gasteiger partial charge in [0, 0.05) is 31.0 Å². The lowest BCUT2D eigenvalue weighted by molar-refractivity contribution is 0.174. The smallest absolute Gasteiger partial charge is 0.250 e. The van der Waals surface area contributed by atoms with Crippen molar-refractivity contribution in [1.29, 1.82) is 0 Å². The van der Waals surface area contributed by atoms with Crippen molar-refractivity contribution in [3.05, 3.63) is 28.7 Å². The largest absolute Gasteiger partial charge is 0.398 e. The minimum absolute atomic E-state index is 0.0298. The van der Waals surface area contributed by atoms with E-state index in [0.29, 0.717) is 5.69 Å². The van der Waals surface area contributed by atoms with Crippen LogP contribution in [0, 0.1) is 5.92 Å². The number of nitrogens with zero attached hydrogens (tertiary/aromatic N) is 3. The van der Waals surface area contributed by atoms with E-state index < -0.39 is 0 Å². The Hall–Kier alpha value is -1.33. The number of hydrogen-bond donors (Lipinski definition) is 1. The highest BCUT2D eigenvalue weighted by Gasteiger charge is 2.17. The first-order valence-corrected chi connectivity index (χ1v) is 7.87. The first kappa shape index (κ1) is 16.0. The molecule has 1 aromatic rings. The summed E-state index contributed by atoms with van der Waals surface area (Å²) in [4.78, 5) is 16.5. The topological polar surface area (TPSA) is 54.5 Å². The second kappa shape index (κ2) is 7.61. The Balaban J connectivity index is 1.70. The molecule has 0 radical (unpaired) electrons. The van der Waals surface area contributed by atoms with Crippen molar-refractivity contribution in [3.8, 4) is 0 Å². The van der Waals surface area contributed by atoms with Gasteiger partial charge in [-0.3, -0.25) is 4.79 Å². The summed E-state index contributed by atoms with van der Waals surface area (Å²) in [5.74, 6) is 0.821. The average Bonchev–Trinajstić information content (AvgIpc) is 2.45. The van der Waals surface area contributed by atoms with Gasteiger partial charge in [-0.15, -0.1) is 0 Å². The van der Waals surface area contributed by atoms with E-state index in [2.05, 4.69) is 23.9 Å². The summed E-state index contributed by atoms with van der Waals surface area (Å²) in [6.45, 7) is 5.36. The SMILES string of the molecule is CN1CCC(CN(C)CCCn2cc(N)ccc2=O)CC1. The van der Waals surface area contributed by atoms with Gasteiger partial charge in [0.2, 0.25) is 0 Å². The van der Waals surface area contributed by atoms with Crippen LogP contribution < -0.4 is 11.3 Å². The van der Waals surface area contributed by atoms with Gasteiger partial charge in [-0.05, 0) is 65.0 Å². The Labute approximate surface area is 127 Å². The van der Waals surface area contributed by atoms with E-state index in [9.17, 15) is 4.79 Å². The number of piperidine rings is 1. The Morgan fingerprint density at radius 3 is 2.76 bits per heavy atom. The van der Waals surface area contributed by atoms with Gasteiger partial charge in [-0.25, -0.2) is 0 Å². The second-order valence-electron chi connectivity index (χ2n) is 6.36. The molecule has 1 aliphatic rings. The lowest BCUT2D eigenvalue weighted by atomic mass is 9.97. The zero-order valence-corrected chi connectivity index (χ0v) is 13.3. The van der Waals surface area contributed by atoms with Gasteiger partial charge in [-0.1, -0.05) is 0 Å². The van der Waals surface area contributed by atoms with Gasteiger partial charge in [-0.2, -0.15) is 0 Å². The van der Waals surface area contributed by atoms with Crippen LogP contribution in [0.15, 0.2) is 23.1 Å². The fraction of sp³-hybridized carbons (Fsp3) is 0.688. The molecule has 0 unspecified atom stereocenters. The van der Waals surface area contributed by atoms with E-state index in [1.54, 1.807) is 16.8 Å². The molecule has 1 aliphatic heterocycles. The third-order valence-electron chi connectivity index (χ3n) is 4.35. The van der Waals surface area contributed by atoms with E-state index in [4.69, 9.17) is 5.73 Å². The first-order valence-electron chi connectivity index (χ1n) is 7.87. The van der Waals surface area contributed by atoms with Gasteiger partial charge in [0.05, 0.1) is 0 Å². The van der Waals surface area contributed by atoms with E-state index in [-0.39, 0.29) is 5.56 Å². The maximum Gasteiger partial charge on any atom is 0.250 e. The van der Waals surface area contributed by atoms with Crippen molar-refractivity contribution in [2.45, 2.75) is 25.8 Å². The van der Waals surface area contributed by atoms with E-state index >= 15 is 0 Å². The predicted molar refractivity (Wildman–Crippen MR) is 87.4 cm³/mol. The van der Waals surface area contributed by atoms with Crippen molar-refractivity contribution in [1.82, 2.24) is 14.4 Å². The minimum atomic E-state index is 0.0298. The van der Waals surface area contributed by atoms with Crippen LogP contribution in [0.25, 0.3) is 0 Å². The summed E-state index contributed by atoms with van der Waals surface area (Å²) in [5.41, 5.74) is 6.40. The van der Waals surface area contributed by atoms with Crippen LogP contribution in [-0.4, -0.2) is 54.6 Å². The second-order valence-corrected chi connectivity index (χ2v) is 6.36. The standard InChI is InChI=1S/C16H28N4O/c1-18-10-6-14(7-11-18)12-19(2)8-3-9-20-13-15(17)4-5-16(20)21/h4-5,13-14H,3,6-12,17H2,1-2H3. The molecule has 0 aromatic carbocycles. The summed E-state index contributed by atoms with van der Waals surface area (Å²) in [6, 6.07) is 3.20. The van der Waals surface area contributed by atoms with Gasteiger partial charge in [0.15, 0.2) is 0 Å². The van der Waals surface area contributed by atoms with Gasteiger partial charge in [0.1, 0.15) is 0 Å². The number of aryl methyl sites for hydroxylation is 1. The lowest BCUT2D eigenvalue weighted by Crippen LogP contribution is -2.36. The number of aromatic nitrogens is 1. The molecule has 2 heterocycles. The number of nitrogens with two attached hydrogens (primary N) is 1. The quantitative estimate of drug-likeness (QED) is 0.853. The Kier molecular flexibility index (Phi) is 5.82. The summed E-state index contributed by atoms with van der Waals surface area (Å²) < 4.78 is 1.71. The molecule has 118 valence electrons. The molecule has 0 amide bonds. The summed E-state index contributed by atoms with van der Waals surface area (Å²) in [7, 11) is 4.38. The van der Waals surface area contributed by atoms with E-state index in [0.717, 1.165) is 25.4 Å². The molecule has 0 aliphatic carbocycles. The summed E-state index contributed by atoms with van der Waals surface area (Å²) >= 11 is 0. The first-order chi connectivity index (χ1) is 10.0. The number of likely N-dealkylation sites (tertiary alicyclic amines) is 1. The Morgan fingerprint density at radius 2 is 2.05 bits per heavy atom. The summed E-state index contributed by atoms with van der Waals surface area (Å²) in [5, 5.41) is 0. The maximum absolute atomic E-state index is 11.7. The highest BCUT2D eigenvalue weighted by Crippen LogP contribution is 2.16. The fourth-order valence-corrected chi connectivity index (χ4v) is 3.01. The number of anilines is 1. The monoisotopic (exact) mass is 292 g/mol. The molecular weight excluding hydrogens is 264 g/mol. The van der Waals surface area contributed by atoms with Crippen molar-refractivity contribution < 1.29 is 0 Å². The molecular formula is C16H28N4O. The molecule has 0 atom stereocenters. The van der Waals surface area contributed by atoms with Gasteiger partial charge >= 0.3 is 0 Å². The van der Waals surface area contributed by atoms with E-state index in [1.165, 1.54) is 38.5 Å². The molecule has 2 rings (SSSR count). The molecule has 0 saturated carbocycles. The molecule has 1 fully saturated rings. The van der Waals surface area contributed by atoms with Crippen molar-refractivity contribution >= 4 is 5.69 Å². The van der Waals surface area contributed by atoms with Crippen LogP contribution in [0.2, 0.25) is 0 Å². The van der Waals surface area contributed by atoms with Crippen LogP contribution >= 0.6 is 0 Å². The minimum Gasteiger partial charge on any atom is -0.398 e. The van der Waals surface area contributed by atoms with Gasteiger partial charge in [0.25, 0.3) is 5.56 Å². The highest BCUT2D eigenvalue weighted by atomic mass is 16.1. The summed E-state index contributed by atoms with van der Waals surface area (Å²) in [6.07, 6.45) is 5.32. The number of pyridine rings is 1. The van der Waals surface area contributed by atoms with Crippen LogP contribution in [0.3, 0.4) is 0 Å². The average molecular weight is 292 g/mol. The number of rotatable bonds is 6. The Morgan fingerprint density at radius 1 is 1.33 bits per heavy atom. The maximum atomic E-state index is 11.7.